The molecule has 0 fully saturated rings. The zero-order valence-corrected chi connectivity index (χ0v) is 9.27. The Hall–Kier alpha value is -2.07. The van der Waals surface area contributed by atoms with Crippen LogP contribution < -0.4 is 0 Å². The van der Waals surface area contributed by atoms with Crippen LogP contribution >= 0.6 is 0 Å². The van der Waals surface area contributed by atoms with E-state index in [1.807, 2.05) is 36.4 Å². The van der Waals surface area contributed by atoms with Gasteiger partial charge in [-0.1, -0.05) is 43.2 Å². The first-order chi connectivity index (χ1) is 7.90. The normalized spacial score (nSPS) is 10.3. The minimum absolute atomic E-state index is 0.819. The van der Waals surface area contributed by atoms with Crippen molar-refractivity contribution in [3.05, 3.63) is 54.2 Å². The largest absolute Gasteiger partial charge is 0.239 e. The summed E-state index contributed by atoms with van der Waals surface area (Å²) in [5, 5.41) is 1.15. The van der Waals surface area contributed by atoms with E-state index >= 15 is 0 Å². The first kappa shape index (κ1) is 10.4. The van der Waals surface area contributed by atoms with Crippen LogP contribution in [0.2, 0.25) is 0 Å². The van der Waals surface area contributed by atoms with Gasteiger partial charge in [-0.2, -0.15) is 0 Å². The first-order valence-electron chi connectivity index (χ1n) is 5.42. The maximum atomic E-state index is 4.47. The number of pyridine rings is 1. The zero-order valence-electron chi connectivity index (χ0n) is 9.27. The summed E-state index contributed by atoms with van der Waals surface area (Å²) in [5.74, 6) is 6.00. The van der Waals surface area contributed by atoms with Crippen LogP contribution in [0.25, 0.3) is 10.9 Å². The van der Waals surface area contributed by atoms with Gasteiger partial charge >= 0.3 is 0 Å². The fraction of sp³-hybridized carbons (Fsp3) is 0.133. The topological polar surface area (TPSA) is 12.9 Å². The lowest BCUT2D eigenvalue weighted by molar-refractivity contribution is 1.23. The number of benzene rings is 1. The molecule has 0 spiro atoms. The Morgan fingerprint density at radius 2 is 2.06 bits per heavy atom. The molecule has 2 rings (SSSR count). The van der Waals surface area contributed by atoms with Gasteiger partial charge in [-0.25, -0.2) is 4.98 Å². The number of para-hydroxylation sites is 1. The molecule has 0 amide bonds. The summed E-state index contributed by atoms with van der Waals surface area (Å²) in [6.45, 7) is 2.09. The van der Waals surface area contributed by atoms with Crippen LogP contribution in [0, 0.1) is 11.8 Å². The molecule has 1 heterocycles. The molecule has 78 valence electrons. The van der Waals surface area contributed by atoms with E-state index in [4.69, 9.17) is 0 Å². The van der Waals surface area contributed by atoms with Crippen molar-refractivity contribution in [1.29, 1.82) is 0 Å². The van der Waals surface area contributed by atoms with Crippen LogP contribution in [0.3, 0.4) is 0 Å². The van der Waals surface area contributed by atoms with Gasteiger partial charge in [0, 0.05) is 5.39 Å². The summed E-state index contributed by atoms with van der Waals surface area (Å²) in [6.07, 6.45) is 4.92. The van der Waals surface area contributed by atoms with E-state index in [1.54, 1.807) is 0 Å². The van der Waals surface area contributed by atoms with Crippen LogP contribution in [0.15, 0.2) is 48.6 Å². The van der Waals surface area contributed by atoms with E-state index in [1.165, 1.54) is 0 Å². The maximum absolute atomic E-state index is 4.47. The van der Waals surface area contributed by atoms with E-state index in [0.29, 0.717) is 0 Å². The van der Waals surface area contributed by atoms with E-state index in [9.17, 15) is 0 Å². The molecule has 2 aromatic rings. The molecule has 0 radical (unpaired) electrons. The summed E-state index contributed by atoms with van der Waals surface area (Å²) in [6, 6.07) is 12.1. The average molecular weight is 207 g/mol. The molecule has 0 aliphatic carbocycles. The highest BCUT2D eigenvalue weighted by atomic mass is 14.7. The molecule has 16 heavy (non-hydrogen) atoms. The van der Waals surface area contributed by atoms with E-state index < -0.39 is 0 Å². The van der Waals surface area contributed by atoms with Gasteiger partial charge in [0.15, 0.2) is 0 Å². The number of allylic oxidation sites excluding steroid dienone is 2. The number of aromatic nitrogens is 1. The monoisotopic (exact) mass is 207 g/mol. The van der Waals surface area contributed by atoms with Gasteiger partial charge in [0.25, 0.3) is 0 Å². The van der Waals surface area contributed by atoms with Crippen molar-refractivity contribution in [2.75, 3.05) is 0 Å². The predicted octanol–water partition coefficient (Wildman–Crippen LogP) is 3.55. The standard InChI is InChI=1S/C15H13N/c1-2-3-4-5-9-14-12-11-13-8-6-7-10-15(13)16-14/h3-4,6-8,10-12H,2H2,1H3/b4-3+. The van der Waals surface area contributed by atoms with Crippen molar-refractivity contribution >= 4 is 10.9 Å². The van der Waals surface area contributed by atoms with Gasteiger partial charge in [0.05, 0.1) is 5.52 Å². The van der Waals surface area contributed by atoms with E-state index in [0.717, 1.165) is 23.0 Å². The Bertz CT molecular complexity index is 570. The van der Waals surface area contributed by atoms with Crippen LogP contribution in [0.4, 0.5) is 0 Å². The van der Waals surface area contributed by atoms with Crippen molar-refractivity contribution in [2.24, 2.45) is 0 Å². The number of hydrogen-bond acceptors (Lipinski definition) is 1. The predicted molar refractivity (Wildman–Crippen MR) is 68.1 cm³/mol. The molecule has 0 aliphatic rings. The lowest BCUT2D eigenvalue weighted by atomic mass is 10.2. The average Bonchev–Trinajstić information content (AvgIpc) is 2.34. The van der Waals surface area contributed by atoms with Gasteiger partial charge in [0.2, 0.25) is 0 Å². The Kier molecular flexibility index (Phi) is 3.35. The van der Waals surface area contributed by atoms with Crippen LogP contribution in [0.1, 0.15) is 19.0 Å². The highest BCUT2D eigenvalue weighted by molar-refractivity contribution is 5.78. The fourth-order valence-corrected chi connectivity index (χ4v) is 1.43. The summed E-state index contributed by atoms with van der Waals surface area (Å²) < 4.78 is 0. The van der Waals surface area contributed by atoms with Gasteiger partial charge < -0.3 is 0 Å². The second-order valence-electron chi connectivity index (χ2n) is 3.47. The third-order valence-electron chi connectivity index (χ3n) is 2.24. The van der Waals surface area contributed by atoms with Crippen LogP contribution in [-0.4, -0.2) is 4.98 Å². The Labute approximate surface area is 95.8 Å². The van der Waals surface area contributed by atoms with Crippen molar-refractivity contribution in [2.45, 2.75) is 13.3 Å². The summed E-state index contributed by atoms with van der Waals surface area (Å²) in [4.78, 5) is 4.47. The van der Waals surface area contributed by atoms with Gasteiger partial charge in [0.1, 0.15) is 5.69 Å². The number of fused-ring (bicyclic) bond motifs is 1. The second-order valence-corrected chi connectivity index (χ2v) is 3.47. The van der Waals surface area contributed by atoms with Crippen LogP contribution in [0.5, 0.6) is 0 Å². The highest BCUT2D eigenvalue weighted by Gasteiger charge is 1.93. The quantitative estimate of drug-likeness (QED) is 0.652. The Morgan fingerprint density at radius 1 is 1.19 bits per heavy atom. The van der Waals surface area contributed by atoms with Crippen molar-refractivity contribution < 1.29 is 0 Å². The van der Waals surface area contributed by atoms with Gasteiger partial charge in [-0.05, 0) is 30.6 Å². The Morgan fingerprint density at radius 3 is 2.94 bits per heavy atom. The highest BCUT2D eigenvalue weighted by Crippen LogP contribution is 2.10. The molecule has 0 unspecified atom stereocenters. The number of rotatable bonds is 1. The minimum Gasteiger partial charge on any atom is -0.239 e. The van der Waals surface area contributed by atoms with E-state index in [-0.39, 0.29) is 0 Å². The zero-order chi connectivity index (χ0) is 11.2. The molecule has 1 heteroatoms. The third-order valence-corrected chi connectivity index (χ3v) is 2.24. The van der Waals surface area contributed by atoms with Crippen molar-refractivity contribution in [1.82, 2.24) is 4.98 Å². The fourth-order valence-electron chi connectivity index (χ4n) is 1.43. The third kappa shape index (κ3) is 2.49. The SMILES string of the molecule is CC/C=C/C#Cc1ccc2ccccc2n1. The molecular formula is C15H13N. The van der Waals surface area contributed by atoms with Crippen LogP contribution in [-0.2, 0) is 0 Å². The van der Waals surface area contributed by atoms with Gasteiger partial charge in [-0.3, -0.25) is 0 Å². The lowest BCUT2D eigenvalue weighted by Gasteiger charge is -1.95. The smallest absolute Gasteiger partial charge is 0.114 e. The summed E-state index contributed by atoms with van der Waals surface area (Å²) in [7, 11) is 0. The molecule has 0 saturated heterocycles. The van der Waals surface area contributed by atoms with E-state index in [2.05, 4.69) is 35.9 Å². The van der Waals surface area contributed by atoms with Crippen molar-refractivity contribution in [3.8, 4) is 11.8 Å². The molecule has 0 N–H and O–H groups in total. The number of nitrogens with zero attached hydrogens (tertiary/aromatic N) is 1. The minimum atomic E-state index is 0.819. The Balaban J connectivity index is 2.31. The molecule has 1 nitrogen and oxygen atoms in total. The number of hydrogen-bond donors (Lipinski definition) is 0. The first-order valence-corrected chi connectivity index (χ1v) is 5.42. The molecule has 0 bridgehead atoms. The summed E-state index contributed by atoms with van der Waals surface area (Å²) in [5.41, 5.74) is 1.81. The molecule has 1 aromatic carbocycles. The molecule has 0 saturated carbocycles. The maximum Gasteiger partial charge on any atom is 0.114 e. The molecular weight excluding hydrogens is 194 g/mol. The lowest BCUT2D eigenvalue weighted by Crippen LogP contribution is -1.83. The van der Waals surface area contributed by atoms with Gasteiger partial charge in [-0.15, -0.1) is 0 Å². The van der Waals surface area contributed by atoms with Crippen molar-refractivity contribution in [3.63, 3.8) is 0 Å². The second kappa shape index (κ2) is 5.14. The molecule has 0 aliphatic heterocycles. The summed E-state index contributed by atoms with van der Waals surface area (Å²) >= 11 is 0. The molecule has 0 atom stereocenters. The molecule has 1 aromatic heterocycles.